The van der Waals surface area contributed by atoms with Gasteiger partial charge >= 0.3 is 6.18 Å². The maximum atomic E-state index is 12.3. The van der Waals surface area contributed by atoms with Crippen molar-refractivity contribution in [2.24, 2.45) is 0 Å². The Balaban J connectivity index is 2.59. The Morgan fingerprint density at radius 2 is 1.80 bits per heavy atom. The molecule has 2 unspecified atom stereocenters. The average molecular weight is 289 g/mol. The van der Waals surface area contributed by atoms with Crippen molar-refractivity contribution >= 4 is 0 Å². The summed E-state index contributed by atoms with van der Waals surface area (Å²) in [6.45, 7) is 1.60. The van der Waals surface area contributed by atoms with Crippen LogP contribution in [-0.2, 0) is 0 Å². The van der Waals surface area contributed by atoms with E-state index in [1.807, 2.05) is 30.3 Å². The van der Waals surface area contributed by atoms with E-state index < -0.39 is 18.8 Å². The zero-order valence-electron chi connectivity index (χ0n) is 11.7. The summed E-state index contributed by atoms with van der Waals surface area (Å²) in [5.41, 5.74) is 0.956. The predicted molar refractivity (Wildman–Crippen MR) is 73.4 cm³/mol. The summed E-state index contributed by atoms with van der Waals surface area (Å²) in [5.74, 6) is 0. The van der Waals surface area contributed by atoms with Gasteiger partial charge in [0.15, 0.2) is 6.10 Å². The lowest BCUT2D eigenvalue weighted by atomic mass is 10.0. The number of aliphatic hydroxyl groups is 1. The number of hydrogen-bond donors (Lipinski definition) is 2. The second-order valence-electron chi connectivity index (χ2n) is 4.92. The highest BCUT2D eigenvalue weighted by atomic mass is 19.4. The van der Waals surface area contributed by atoms with Crippen molar-refractivity contribution in [2.75, 3.05) is 6.54 Å². The van der Waals surface area contributed by atoms with E-state index in [9.17, 15) is 13.2 Å². The Morgan fingerprint density at radius 1 is 1.15 bits per heavy atom. The van der Waals surface area contributed by atoms with Crippen molar-refractivity contribution < 1.29 is 18.3 Å². The molecule has 0 saturated carbocycles. The lowest BCUT2D eigenvalue weighted by Crippen LogP contribution is -2.39. The number of unbranched alkanes of at least 4 members (excludes halogenated alkanes) is 2. The molecule has 0 saturated heterocycles. The minimum absolute atomic E-state index is 0.153. The van der Waals surface area contributed by atoms with E-state index >= 15 is 0 Å². The van der Waals surface area contributed by atoms with Gasteiger partial charge in [-0.15, -0.1) is 0 Å². The van der Waals surface area contributed by atoms with Crippen LogP contribution in [0.1, 0.15) is 44.2 Å². The summed E-state index contributed by atoms with van der Waals surface area (Å²) in [6, 6.07) is 9.23. The molecule has 2 atom stereocenters. The summed E-state index contributed by atoms with van der Waals surface area (Å²) in [4.78, 5) is 0. The van der Waals surface area contributed by atoms with Crippen molar-refractivity contribution in [3.8, 4) is 0 Å². The molecule has 0 aliphatic carbocycles. The third kappa shape index (κ3) is 5.92. The molecule has 2 N–H and O–H groups in total. The molecule has 0 fully saturated rings. The molecular weight excluding hydrogens is 267 g/mol. The number of aliphatic hydroxyl groups excluding tert-OH is 1. The topological polar surface area (TPSA) is 32.3 Å². The second-order valence-corrected chi connectivity index (χ2v) is 4.92. The normalized spacial score (nSPS) is 15.1. The van der Waals surface area contributed by atoms with Gasteiger partial charge in [0, 0.05) is 12.6 Å². The third-order valence-corrected chi connectivity index (χ3v) is 3.23. The molecule has 0 aromatic heterocycles. The van der Waals surface area contributed by atoms with Gasteiger partial charge in [0.25, 0.3) is 0 Å². The van der Waals surface area contributed by atoms with Gasteiger partial charge in [0.05, 0.1) is 0 Å². The highest BCUT2D eigenvalue weighted by molar-refractivity contribution is 5.18. The Hall–Kier alpha value is -1.07. The van der Waals surface area contributed by atoms with Gasteiger partial charge in [-0.25, -0.2) is 0 Å². The molecule has 1 aromatic rings. The molecule has 1 aromatic carbocycles. The fraction of sp³-hybridized carbons (Fsp3) is 0.600. The van der Waals surface area contributed by atoms with Gasteiger partial charge in [0.2, 0.25) is 0 Å². The van der Waals surface area contributed by atoms with E-state index in [0.717, 1.165) is 31.2 Å². The fourth-order valence-electron chi connectivity index (χ4n) is 2.04. The van der Waals surface area contributed by atoms with Crippen LogP contribution >= 0.6 is 0 Å². The standard InChI is InChI=1S/C15H22F3NO/c1-2-3-5-10-13(12-8-6-4-7-9-12)19-11-14(20)15(16,17)18/h4,6-9,13-14,19-20H,2-3,5,10-11H2,1H3. The molecule has 0 radical (unpaired) electrons. The van der Waals surface area contributed by atoms with Gasteiger partial charge < -0.3 is 10.4 Å². The Kier molecular flexibility index (Phi) is 7.02. The van der Waals surface area contributed by atoms with Gasteiger partial charge in [-0.2, -0.15) is 13.2 Å². The van der Waals surface area contributed by atoms with Crippen LogP contribution < -0.4 is 5.32 Å². The number of halogens is 3. The quantitative estimate of drug-likeness (QED) is 0.713. The predicted octanol–water partition coefficient (Wildman–Crippen LogP) is 3.82. The van der Waals surface area contributed by atoms with Crippen molar-refractivity contribution in [1.29, 1.82) is 0 Å². The number of benzene rings is 1. The molecule has 0 spiro atoms. The first kappa shape index (κ1) is 17.0. The zero-order valence-corrected chi connectivity index (χ0v) is 11.7. The van der Waals surface area contributed by atoms with E-state index in [1.165, 1.54) is 0 Å². The van der Waals surface area contributed by atoms with Crippen LogP contribution in [0.25, 0.3) is 0 Å². The highest BCUT2D eigenvalue weighted by Crippen LogP contribution is 2.23. The van der Waals surface area contributed by atoms with Crippen LogP contribution in [0.3, 0.4) is 0 Å². The first-order valence-electron chi connectivity index (χ1n) is 6.98. The molecule has 0 heterocycles. The minimum atomic E-state index is -4.57. The maximum absolute atomic E-state index is 12.3. The van der Waals surface area contributed by atoms with Gasteiger partial charge in [-0.1, -0.05) is 56.5 Å². The number of rotatable bonds is 8. The Bertz CT molecular complexity index is 367. The van der Waals surface area contributed by atoms with E-state index in [0.29, 0.717) is 0 Å². The third-order valence-electron chi connectivity index (χ3n) is 3.23. The number of hydrogen-bond acceptors (Lipinski definition) is 2. The molecule has 5 heteroatoms. The largest absolute Gasteiger partial charge is 0.415 e. The van der Waals surface area contributed by atoms with E-state index in [4.69, 9.17) is 5.11 Å². The molecule has 0 aliphatic heterocycles. The SMILES string of the molecule is CCCCCC(NCC(O)C(F)(F)F)c1ccccc1. The van der Waals surface area contributed by atoms with Crippen molar-refractivity contribution in [1.82, 2.24) is 5.32 Å². The summed E-state index contributed by atoms with van der Waals surface area (Å²) in [7, 11) is 0. The molecule has 114 valence electrons. The van der Waals surface area contributed by atoms with Crippen LogP contribution in [0.2, 0.25) is 0 Å². The smallest absolute Gasteiger partial charge is 0.382 e. The molecule has 0 aliphatic rings. The minimum Gasteiger partial charge on any atom is -0.382 e. The molecule has 0 bridgehead atoms. The van der Waals surface area contributed by atoms with Gasteiger partial charge in [0.1, 0.15) is 0 Å². The Labute approximate surface area is 118 Å². The Morgan fingerprint density at radius 3 is 2.35 bits per heavy atom. The van der Waals surface area contributed by atoms with Crippen LogP contribution in [0.4, 0.5) is 13.2 Å². The van der Waals surface area contributed by atoms with Crippen LogP contribution in [0.15, 0.2) is 30.3 Å². The molecular formula is C15H22F3NO. The first-order valence-corrected chi connectivity index (χ1v) is 6.98. The van der Waals surface area contributed by atoms with Crippen molar-refractivity contribution in [2.45, 2.75) is 50.9 Å². The number of nitrogens with one attached hydrogen (secondary N) is 1. The molecule has 2 nitrogen and oxygen atoms in total. The summed E-state index contributed by atoms with van der Waals surface area (Å²) >= 11 is 0. The molecule has 1 rings (SSSR count). The summed E-state index contributed by atoms with van der Waals surface area (Å²) < 4.78 is 37.0. The summed E-state index contributed by atoms with van der Waals surface area (Å²) in [6.07, 6.45) is -3.06. The number of alkyl halides is 3. The fourth-order valence-corrected chi connectivity index (χ4v) is 2.04. The van der Waals surface area contributed by atoms with Gasteiger partial charge in [-0.05, 0) is 12.0 Å². The molecule has 20 heavy (non-hydrogen) atoms. The maximum Gasteiger partial charge on any atom is 0.415 e. The van der Waals surface area contributed by atoms with Crippen LogP contribution in [-0.4, -0.2) is 23.9 Å². The zero-order chi connectivity index (χ0) is 15.0. The van der Waals surface area contributed by atoms with E-state index in [2.05, 4.69) is 12.2 Å². The van der Waals surface area contributed by atoms with Crippen molar-refractivity contribution in [3.63, 3.8) is 0 Å². The first-order chi connectivity index (χ1) is 9.45. The average Bonchev–Trinajstić information content (AvgIpc) is 2.42. The lowest BCUT2D eigenvalue weighted by molar-refractivity contribution is -0.202. The van der Waals surface area contributed by atoms with Gasteiger partial charge in [-0.3, -0.25) is 0 Å². The van der Waals surface area contributed by atoms with E-state index in [-0.39, 0.29) is 6.04 Å². The van der Waals surface area contributed by atoms with Crippen LogP contribution in [0, 0.1) is 0 Å². The summed E-state index contributed by atoms with van der Waals surface area (Å²) in [5, 5.41) is 11.9. The van der Waals surface area contributed by atoms with Crippen molar-refractivity contribution in [3.05, 3.63) is 35.9 Å². The molecule has 0 amide bonds. The van der Waals surface area contributed by atoms with Crippen LogP contribution in [0.5, 0.6) is 0 Å². The second kappa shape index (κ2) is 8.27. The lowest BCUT2D eigenvalue weighted by Gasteiger charge is -2.22. The van der Waals surface area contributed by atoms with E-state index in [1.54, 1.807) is 0 Å². The monoisotopic (exact) mass is 289 g/mol. The highest BCUT2D eigenvalue weighted by Gasteiger charge is 2.38.